The standard InChI is InChI=1S/C17H20O2/c1-14-7-2-3-8-15(14)10-6-12-19-17-11-5-4-9-16(17)13-18/h2-5,7-9,11,18H,6,10,12-13H2,1H3. The second-order valence-electron chi connectivity index (χ2n) is 4.64. The first-order chi connectivity index (χ1) is 9.31. The number of aliphatic hydroxyl groups is 1. The molecule has 2 aromatic carbocycles. The fourth-order valence-electron chi connectivity index (χ4n) is 2.11. The number of hydrogen-bond acceptors (Lipinski definition) is 2. The van der Waals surface area contributed by atoms with Crippen LogP contribution in [0, 0.1) is 6.92 Å². The van der Waals surface area contributed by atoms with Crippen molar-refractivity contribution in [1.82, 2.24) is 0 Å². The van der Waals surface area contributed by atoms with Gasteiger partial charge < -0.3 is 9.84 Å². The van der Waals surface area contributed by atoms with Crippen molar-refractivity contribution in [1.29, 1.82) is 0 Å². The molecule has 0 saturated heterocycles. The van der Waals surface area contributed by atoms with Gasteiger partial charge in [-0.1, -0.05) is 42.5 Å². The van der Waals surface area contributed by atoms with Crippen LogP contribution >= 0.6 is 0 Å². The van der Waals surface area contributed by atoms with Gasteiger partial charge in [0.05, 0.1) is 13.2 Å². The Kier molecular flexibility index (Phi) is 4.99. The molecule has 0 atom stereocenters. The third-order valence-electron chi connectivity index (χ3n) is 3.25. The molecule has 0 saturated carbocycles. The van der Waals surface area contributed by atoms with Gasteiger partial charge >= 0.3 is 0 Å². The van der Waals surface area contributed by atoms with E-state index < -0.39 is 0 Å². The molecule has 0 fully saturated rings. The number of benzene rings is 2. The Labute approximate surface area is 114 Å². The van der Waals surface area contributed by atoms with E-state index in [0.29, 0.717) is 6.61 Å². The maximum atomic E-state index is 9.21. The van der Waals surface area contributed by atoms with E-state index in [1.54, 1.807) is 0 Å². The summed E-state index contributed by atoms with van der Waals surface area (Å²) in [7, 11) is 0. The van der Waals surface area contributed by atoms with Crippen LogP contribution in [-0.4, -0.2) is 11.7 Å². The summed E-state index contributed by atoms with van der Waals surface area (Å²) in [6.07, 6.45) is 2.00. The van der Waals surface area contributed by atoms with E-state index >= 15 is 0 Å². The summed E-state index contributed by atoms with van der Waals surface area (Å²) < 4.78 is 5.73. The zero-order valence-electron chi connectivity index (χ0n) is 11.3. The summed E-state index contributed by atoms with van der Waals surface area (Å²) in [5.41, 5.74) is 3.55. The van der Waals surface area contributed by atoms with Gasteiger partial charge in [-0.3, -0.25) is 0 Å². The molecular weight excluding hydrogens is 236 g/mol. The highest BCUT2D eigenvalue weighted by Crippen LogP contribution is 2.18. The van der Waals surface area contributed by atoms with E-state index in [1.165, 1.54) is 11.1 Å². The topological polar surface area (TPSA) is 29.5 Å². The van der Waals surface area contributed by atoms with Crippen molar-refractivity contribution in [3.05, 3.63) is 65.2 Å². The molecule has 0 aromatic heterocycles. The van der Waals surface area contributed by atoms with Crippen molar-refractivity contribution in [2.75, 3.05) is 6.61 Å². The van der Waals surface area contributed by atoms with Crippen LogP contribution in [0.25, 0.3) is 0 Å². The van der Waals surface area contributed by atoms with E-state index in [1.807, 2.05) is 24.3 Å². The molecule has 0 unspecified atom stereocenters. The van der Waals surface area contributed by atoms with Crippen molar-refractivity contribution in [2.45, 2.75) is 26.4 Å². The lowest BCUT2D eigenvalue weighted by molar-refractivity contribution is 0.261. The maximum absolute atomic E-state index is 9.21. The van der Waals surface area contributed by atoms with Crippen LogP contribution in [0.1, 0.15) is 23.1 Å². The van der Waals surface area contributed by atoms with Crippen LogP contribution < -0.4 is 4.74 Å². The van der Waals surface area contributed by atoms with Gasteiger partial charge in [0.1, 0.15) is 5.75 Å². The summed E-state index contributed by atoms with van der Waals surface area (Å²) in [6.45, 7) is 2.83. The molecule has 2 heteroatoms. The molecule has 1 N–H and O–H groups in total. The van der Waals surface area contributed by atoms with Crippen molar-refractivity contribution in [3.63, 3.8) is 0 Å². The molecule has 0 heterocycles. The van der Waals surface area contributed by atoms with E-state index in [9.17, 15) is 5.11 Å². The van der Waals surface area contributed by atoms with Crippen LogP contribution in [0.5, 0.6) is 5.75 Å². The minimum absolute atomic E-state index is 0.0218. The molecule has 0 aliphatic carbocycles. The Balaban J connectivity index is 1.83. The first kappa shape index (κ1) is 13.6. The summed E-state index contributed by atoms with van der Waals surface area (Å²) in [5, 5.41) is 9.21. The summed E-state index contributed by atoms with van der Waals surface area (Å²) in [4.78, 5) is 0. The smallest absolute Gasteiger partial charge is 0.124 e. The van der Waals surface area contributed by atoms with E-state index in [2.05, 4.69) is 31.2 Å². The lowest BCUT2D eigenvalue weighted by atomic mass is 10.0. The molecule has 2 rings (SSSR count). The second-order valence-corrected chi connectivity index (χ2v) is 4.64. The molecule has 0 bridgehead atoms. The highest BCUT2D eigenvalue weighted by molar-refractivity contribution is 5.32. The first-order valence-corrected chi connectivity index (χ1v) is 6.67. The van der Waals surface area contributed by atoms with Crippen molar-refractivity contribution in [3.8, 4) is 5.75 Å². The Hall–Kier alpha value is -1.80. The number of aliphatic hydroxyl groups excluding tert-OH is 1. The minimum Gasteiger partial charge on any atom is -0.493 e. The Bertz CT molecular complexity index is 520. The van der Waals surface area contributed by atoms with Gasteiger partial charge in [-0.25, -0.2) is 0 Å². The van der Waals surface area contributed by atoms with Crippen LogP contribution in [-0.2, 0) is 13.0 Å². The van der Waals surface area contributed by atoms with Crippen molar-refractivity contribution >= 4 is 0 Å². The Morgan fingerprint density at radius 3 is 2.37 bits per heavy atom. The van der Waals surface area contributed by atoms with Crippen molar-refractivity contribution < 1.29 is 9.84 Å². The summed E-state index contributed by atoms with van der Waals surface area (Å²) in [6, 6.07) is 16.1. The molecule has 0 spiro atoms. The van der Waals surface area contributed by atoms with Gasteiger partial charge in [0.15, 0.2) is 0 Å². The molecular formula is C17H20O2. The number of ether oxygens (including phenoxy) is 1. The summed E-state index contributed by atoms with van der Waals surface area (Å²) >= 11 is 0. The monoisotopic (exact) mass is 256 g/mol. The average molecular weight is 256 g/mol. The van der Waals surface area contributed by atoms with Gasteiger partial charge in [0, 0.05) is 5.56 Å². The van der Waals surface area contributed by atoms with Gasteiger partial charge in [0.2, 0.25) is 0 Å². The molecule has 0 radical (unpaired) electrons. The molecule has 0 amide bonds. The van der Waals surface area contributed by atoms with Gasteiger partial charge in [0.25, 0.3) is 0 Å². The number of hydrogen-bond donors (Lipinski definition) is 1. The zero-order chi connectivity index (χ0) is 13.5. The average Bonchev–Trinajstić information content (AvgIpc) is 2.45. The zero-order valence-corrected chi connectivity index (χ0v) is 11.3. The lowest BCUT2D eigenvalue weighted by Crippen LogP contribution is -2.02. The van der Waals surface area contributed by atoms with E-state index in [-0.39, 0.29) is 6.61 Å². The molecule has 0 aliphatic heterocycles. The molecule has 19 heavy (non-hydrogen) atoms. The predicted octanol–water partition coefficient (Wildman–Crippen LogP) is 3.50. The number of para-hydroxylation sites is 1. The van der Waals surface area contributed by atoms with Gasteiger partial charge in [-0.05, 0) is 37.0 Å². The Morgan fingerprint density at radius 1 is 0.947 bits per heavy atom. The highest BCUT2D eigenvalue weighted by atomic mass is 16.5. The fourth-order valence-corrected chi connectivity index (χ4v) is 2.11. The third kappa shape index (κ3) is 3.83. The summed E-state index contributed by atoms with van der Waals surface area (Å²) in [5.74, 6) is 0.787. The van der Waals surface area contributed by atoms with Crippen LogP contribution in [0.2, 0.25) is 0 Å². The largest absolute Gasteiger partial charge is 0.493 e. The van der Waals surface area contributed by atoms with Crippen LogP contribution in [0.15, 0.2) is 48.5 Å². The first-order valence-electron chi connectivity index (χ1n) is 6.67. The van der Waals surface area contributed by atoms with Crippen molar-refractivity contribution in [2.24, 2.45) is 0 Å². The number of aryl methyl sites for hydroxylation is 2. The molecule has 2 nitrogen and oxygen atoms in total. The third-order valence-corrected chi connectivity index (χ3v) is 3.25. The Morgan fingerprint density at radius 2 is 1.63 bits per heavy atom. The maximum Gasteiger partial charge on any atom is 0.124 e. The van der Waals surface area contributed by atoms with Gasteiger partial charge in [-0.15, -0.1) is 0 Å². The molecule has 100 valence electrons. The molecule has 0 aliphatic rings. The lowest BCUT2D eigenvalue weighted by Gasteiger charge is -2.10. The predicted molar refractivity (Wildman–Crippen MR) is 77.4 cm³/mol. The highest BCUT2D eigenvalue weighted by Gasteiger charge is 2.02. The number of rotatable bonds is 6. The van der Waals surface area contributed by atoms with E-state index in [4.69, 9.17) is 4.74 Å². The normalized spacial score (nSPS) is 10.4. The van der Waals surface area contributed by atoms with Gasteiger partial charge in [-0.2, -0.15) is 0 Å². The van der Waals surface area contributed by atoms with Crippen LogP contribution in [0.3, 0.4) is 0 Å². The van der Waals surface area contributed by atoms with Crippen LogP contribution in [0.4, 0.5) is 0 Å². The quantitative estimate of drug-likeness (QED) is 0.802. The fraction of sp³-hybridized carbons (Fsp3) is 0.294. The minimum atomic E-state index is 0.0218. The SMILES string of the molecule is Cc1ccccc1CCCOc1ccccc1CO. The van der Waals surface area contributed by atoms with E-state index in [0.717, 1.165) is 24.2 Å². The second kappa shape index (κ2) is 6.95. The molecule has 2 aromatic rings.